The number of nitrogens with zero attached hydrogens (tertiary/aromatic N) is 2. The van der Waals surface area contributed by atoms with Crippen LogP contribution >= 0.6 is 11.8 Å². The number of rotatable bonds is 5. The van der Waals surface area contributed by atoms with Gasteiger partial charge in [0.2, 0.25) is 5.95 Å². The molecule has 2 rings (SSSR count). The smallest absolute Gasteiger partial charge is 0.224 e. The van der Waals surface area contributed by atoms with Gasteiger partial charge in [0.25, 0.3) is 0 Å². The molecule has 0 amide bonds. The van der Waals surface area contributed by atoms with E-state index in [4.69, 9.17) is 0 Å². The first-order valence-electron chi connectivity index (χ1n) is 5.77. The molecule has 1 fully saturated rings. The van der Waals surface area contributed by atoms with Gasteiger partial charge >= 0.3 is 0 Å². The second-order valence-electron chi connectivity index (χ2n) is 3.91. The van der Waals surface area contributed by atoms with Crippen LogP contribution in [0.2, 0.25) is 0 Å². The van der Waals surface area contributed by atoms with E-state index < -0.39 is 0 Å². The van der Waals surface area contributed by atoms with Gasteiger partial charge in [-0.25, -0.2) is 4.98 Å². The van der Waals surface area contributed by atoms with Crippen LogP contribution in [-0.2, 0) is 0 Å². The zero-order valence-electron chi connectivity index (χ0n) is 9.57. The van der Waals surface area contributed by atoms with E-state index in [0.29, 0.717) is 5.95 Å². The lowest BCUT2D eigenvalue weighted by Crippen LogP contribution is -2.14. The van der Waals surface area contributed by atoms with Crippen LogP contribution in [0.4, 0.5) is 11.8 Å². The van der Waals surface area contributed by atoms with Crippen LogP contribution < -0.4 is 10.6 Å². The second-order valence-corrected chi connectivity index (χ2v) is 5.06. The maximum absolute atomic E-state index is 4.38. The van der Waals surface area contributed by atoms with Crippen molar-refractivity contribution in [2.24, 2.45) is 5.92 Å². The van der Waals surface area contributed by atoms with Crippen molar-refractivity contribution >= 4 is 23.5 Å². The van der Waals surface area contributed by atoms with E-state index in [0.717, 1.165) is 24.8 Å². The molecule has 88 valence electrons. The van der Waals surface area contributed by atoms with Crippen molar-refractivity contribution in [1.29, 1.82) is 0 Å². The lowest BCUT2D eigenvalue weighted by molar-refractivity contribution is 0.630. The summed E-state index contributed by atoms with van der Waals surface area (Å²) < 4.78 is 0. The number of aromatic nitrogens is 2. The van der Waals surface area contributed by atoms with Crippen molar-refractivity contribution in [3.05, 3.63) is 12.3 Å². The molecule has 1 aromatic heterocycles. The van der Waals surface area contributed by atoms with Gasteiger partial charge in [-0.2, -0.15) is 16.7 Å². The molecule has 0 aromatic carbocycles. The van der Waals surface area contributed by atoms with Crippen molar-refractivity contribution in [1.82, 2.24) is 9.97 Å². The molecule has 4 nitrogen and oxygen atoms in total. The topological polar surface area (TPSA) is 49.8 Å². The van der Waals surface area contributed by atoms with Crippen LogP contribution in [0.3, 0.4) is 0 Å². The average molecular weight is 238 g/mol. The van der Waals surface area contributed by atoms with Crippen LogP contribution in [0.5, 0.6) is 0 Å². The van der Waals surface area contributed by atoms with Crippen LogP contribution in [0.25, 0.3) is 0 Å². The molecule has 1 aliphatic rings. The molecular formula is C11H18N4S. The minimum atomic E-state index is 0.702. The Balaban J connectivity index is 1.85. The molecule has 0 radical (unpaired) electrons. The Morgan fingerprint density at radius 1 is 1.50 bits per heavy atom. The normalized spacial score (nSPS) is 19.7. The minimum Gasteiger partial charge on any atom is -0.370 e. The van der Waals surface area contributed by atoms with Gasteiger partial charge in [0.1, 0.15) is 5.82 Å². The monoisotopic (exact) mass is 238 g/mol. The number of anilines is 2. The predicted molar refractivity (Wildman–Crippen MR) is 70.1 cm³/mol. The standard InChI is InChI=1S/C11H18N4S/c1-2-12-11-13-5-3-10(15-11)14-7-9-4-6-16-8-9/h3,5,9H,2,4,6-8H2,1H3,(H2,12,13,14,15). The molecule has 2 heterocycles. The number of thioether (sulfide) groups is 1. The highest BCUT2D eigenvalue weighted by atomic mass is 32.2. The molecule has 2 N–H and O–H groups in total. The third-order valence-corrected chi connectivity index (χ3v) is 3.82. The quantitative estimate of drug-likeness (QED) is 0.822. The average Bonchev–Trinajstić information content (AvgIpc) is 2.80. The third kappa shape index (κ3) is 3.27. The van der Waals surface area contributed by atoms with Crippen molar-refractivity contribution in [2.75, 3.05) is 35.2 Å². The Labute approximate surface area is 101 Å². The SMILES string of the molecule is CCNc1nccc(NCC2CCSC2)n1. The Morgan fingerprint density at radius 3 is 3.19 bits per heavy atom. The molecule has 1 unspecified atom stereocenters. The lowest BCUT2D eigenvalue weighted by Gasteiger charge is -2.11. The summed E-state index contributed by atoms with van der Waals surface area (Å²) >= 11 is 2.04. The lowest BCUT2D eigenvalue weighted by atomic mass is 10.1. The molecule has 1 saturated heterocycles. The zero-order chi connectivity index (χ0) is 11.2. The molecule has 5 heteroatoms. The van der Waals surface area contributed by atoms with Gasteiger partial charge in [-0.05, 0) is 36.8 Å². The molecule has 16 heavy (non-hydrogen) atoms. The fourth-order valence-corrected chi connectivity index (χ4v) is 2.98. The summed E-state index contributed by atoms with van der Waals surface area (Å²) in [7, 11) is 0. The highest BCUT2D eigenvalue weighted by Crippen LogP contribution is 2.23. The predicted octanol–water partition coefficient (Wildman–Crippen LogP) is 2.07. The van der Waals surface area contributed by atoms with Crippen LogP contribution in [0, 0.1) is 5.92 Å². The maximum Gasteiger partial charge on any atom is 0.224 e. The maximum atomic E-state index is 4.38. The molecule has 0 bridgehead atoms. The fourth-order valence-electron chi connectivity index (χ4n) is 1.69. The van der Waals surface area contributed by atoms with Crippen LogP contribution in [-0.4, -0.2) is 34.6 Å². The largest absolute Gasteiger partial charge is 0.370 e. The van der Waals surface area contributed by atoms with Gasteiger partial charge in [0, 0.05) is 19.3 Å². The van der Waals surface area contributed by atoms with E-state index in [9.17, 15) is 0 Å². The molecule has 1 aromatic rings. The van der Waals surface area contributed by atoms with Gasteiger partial charge in [-0.1, -0.05) is 0 Å². The highest BCUT2D eigenvalue weighted by molar-refractivity contribution is 7.99. The fraction of sp³-hybridized carbons (Fsp3) is 0.636. The van der Waals surface area contributed by atoms with E-state index in [1.807, 2.05) is 24.8 Å². The van der Waals surface area contributed by atoms with Gasteiger partial charge < -0.3 is 10.6 Å². The number of hydrogen-bond acceptors (Lipinski definition) is 5. The highest BCUT2D eigenvalue weighted by Gasteiger charge is 2.14. The Morgan fingerprint density at radius 2 is 2.44 bits per heavy atom. The Hall–Kier alpha value is -0.970. The van der Waals surface area contributed by atoms with Gasteiger partial charge in [-0.15, -0.1) is 0 Å². The molecule has 0 spiro atoms. The first-order chi connectivity index (χ1) is 7.88. The van der Waals surface area contributed by atoms with Gasteiger partial charge in [0.15, 0.2) is 0 Å². The van der Waals surface area contributed by atoms with E-state index >= 15 is 0 Å². The van der Waals surface area contributed by atoms with Crippen LogP contribution in [0.15, 0.2) is 12.3 Å². The summed E-state index contributed by atoms with van der Waals surface area (Å²) in [5.41, 5.74) is 0. The van der Waals surface area contributed by atoms with Crippen LogP contribution in [0.1, 0.15) is 13.3 Å². The van der Waals surface area contributed by atoms with Crippen molar-refractivity contribution in [3.8, 4) is 0 Å². The summed E-state index contributed by atoms with van der Waals surface area (Å²) in [6, 6.07) is 1.92. The van der Waals surface area contributed by atoms with E-state index in [1.165, 1.54) is 17.9 Å². The summed E-state index contributed by atoms with van der Waals surface area (Å²) in [6.07, 6.45) is 3.11. The number of nitrogens with one attached hydrogen (secondary N) is 2. The third-order valence-electron chi connectivity index (χ3n) is 2.59. The number of hydrogen-bond donors (Lipinski definition) is 2. The summed E-state index contributed by atoms with van der Waals surface area (Å²) in [6.45, 7) is 3.91. The van der Waals surface area contributed by atoms with Gasteiger partial charge in [-0.3, -0.25) is 0 Å². The van der Waals surface area contributed by atoms with E-state index in [1.54, 1.807) is 6.20 Å². The second kappa shape index (κ2) is 5.94. The van der Waals surface area contributed by atoms with Gasteiger partial charge in [0.05, 0.1) is 0 Å². The Bertz CT molecular complexity index is 326. The zero-order valence-corrected chi connectivity index (χ0v) is 10.4. The minimum absolute atomic E-state index is 0.702. The van der Waals surface area contributed by atoms with Crippen molar-refractivity contribution in [3.63, 3.8) is 0 Å². The summed E-state index contributed by atoms with van der Waals surface area (Å²) in [5, 5.41) is 6.49. The molecule has 1 aliphatic heterocycles. The van der Waals surface area contributed by atoms with Crippen molar-refractivity contribution in [2.45, 2.75) is 13.3 Å². The van der Waals surface area contributed by atoms with E-state index in [-0.39, 0.29) is 0 Å². The summed E-state index contributed by atoms with van der Waals surface area (Å²) in [4.78, 5) is 8.53. The van der Waals surface area contributed by atoms with Crippen molar-refractivity contribution < 1.29 is 0 Å². The van der Waals surface area contributed by atoms with E-state index in [2.05, 4.69) is 20.6 Å². The molecule has 0 saturated carbocycles. The Kier molecular flexibility index (Phi) is 4.27. The first-order valence-corrected chi connectivity index (χ1v) is 6.92. The molecule has 1 atom stereocenters. The molecular weight excluding hydrogens is 220 g/mol. The molecule has 0 aliphatic carbocycles. The summed E-state index contributed by atoms with van der Waals surface area (Å²) in [5.74, 6) is 5.00. The first kappa shape index (κ1) is 11.5.